The summed E-state index contributed by atoms with van der Waals surface area (Å²) in [7, 11) is 1.75. The highest BCUT2D eigenvalue weighted by Gasteiger charge is 2.27. The zero-order valence-corrected chi connectivity index (χ0v) is 13.3. The predicted octanol–water partition coefficient (Wildman–Crippen LogP) is 1.64. The Morgan fingerprint density at radius 1 is 1.32 bits per heavy atom. The number of amides is 2. The van der Waals surface area contributed by atoms with Crippen LogP contribution in [-0.2, 0) is 0 Å². The summed E-state index contributed by atoms with van der Waals surface area (Å²) in [6, 6.07) is 7.04. The summed E-state index contributed by atoms with van der Waals surface area (Å²) < 4.78 is 0. The maximum absolute atomic E-state index is 12.4. The van der Waals surface area contributed by atoms with E-state index in [-0.39, 0.29) is 17.9 Å². The molecule has 1 saturated carbocycles. The van der Waals surface area contributed by atoms with E-state index in [0.29, 0.717) is 30.1 Å². The molecule has 0 aliphatic heterocycles. The van der Waals surface area contributed by atoms with Crippen molar-refractivity contribution in [3.05, 3.63) is 35.4 Å². The van der Waals surface area contributed by atoms with Crippen molar-refractivity contribution >= 4 is 11.8 Å². The van der Waals surface area contributed by atoms with Crippen molar-refractivity contribution in [1.82, 2.24) is 10.2 Å². The molecule has 5 nitrogen and oxygen atoms in total. The monoisotopic (exact) mass is 303 g/mol. The maximum atomic E-state index is 12.4. The van der Waals surface area contributed by atoms with Crippen LogP contribution in [0.3, 0.4) is 0 Å². The van der Waals surface area contributed by atoms with Crippen LogP contribution in [0.4, 0.5) is 0 Å². The number of hydrogen-bond acceptors (Lipinski definition) is 3. The molecule has 2 rings (SSSR count). The van der Waals surface area contributed by atoms with Gasteiger partial charge in [0.1, 0.15) is 0 Å². The van der Waals surface area contributed by atoms with Crippen LogP contribution in [0.2, 0.25) is 0 Å². The van der Waals surface area contributed by atoms with Gasteiger partial charge in [0.2, 0.25) is 0 Å². The van der Waals surface area contributed by atoms with Gasteiger partial charge in [-0.3, -0.25) is 9.59 Å². The van der Waals surface area contributed by atoms with Crippen molar-refractivity contribution in [1.29, 1.82) is 0 Å². The molecule has 0 spiro atoms. The molecule has 120 valence electrons. The molecule has 0 bridgehead atoms. The number of nitrogens with zero attached hydrogens (tertiary/aromatic N) is 1. The minimum Gasteiger partial charge on any atom is -0.349 e. The SMILES string of the molecule is CCN(C)C(=O)c1cccc(C(=O)NC2CCCC2CN)c1. The summed E-state index contributed by atoms with van der Waals surface area (Å²) >= 11 is 0. The molecule has 3 N–H and O–H groups in total. The number of nitrogens with one attached hydrogen (secondary N) is 1. The number of nitrogens with two attached hydrogens (primary N) is 1. The second-order valence-electron chi connectivity index (χ2n) is 5.91. The molecule has 22 heavy (non-hydrogen) atoms. The van der Waals surface area contributed by atoms with Crippen molar-refractivity contribution in [2.75, 3.05) is 20.1 Å². The quantitative estimate of drug-likeness (QED) is 0.868. The average molecular weight is 303 g/mol. The van der Waals surface area contributed by atoms with E-state index in [4.69, 9.17) is 5.73 Å². The molecular formula is C17H25N3O2. The smallest absolute Gasteiger partial charge is 0.253 e. The maximum Gasteiger partial charge on any atom is 0.253 e. The molecule has 0 aromatic heterocycles. The van der Waals surface area contributed by atoms with Gasteiger partial charge in [-0.2, -0.15) is 0 Å². The average Bonchev–Trinajstić information content (AvgIpc) is 3.00. The fraction of sp³-hybridized carbons (Fsp3) is 0.529. The highest BCUT2D eigenvalue weighted by molar-refractivity contribution is 5.99. The third kappa shape index (κ3) is 3.65. The zero-order chi connectivity index (χ0) is 16.1. The molecule has 5 heteroatoms. The second-order valence-corrected chi connectivity index (χ2v) is 5.91. The van der Waals surface area contributed by atoms with E-state index in [2.05, 4.69) is 5.32 Å². The van der Waals surface area contributed by atoms with Crippen LogP contribution in [0.15, 0.2) is 24.3 Å². The Kier molecular flexibility index (Phi) is 5.55. The van der Waals surface area contributed by atoms with Crippen LogP contribution in [-0.4, -0.2) is 42.9 Å². The van der Waals surface area contributed by atoms with Gasteiger partial charge in [0.25, 0.3) is 11.8 Å². The number of carbonyl (C=O) groups excluding carboxylic acids is 2. The first kappa shape index (κ1) is 16.5. The fourth-order valence-electron chi connectivity index (χ4n) is 2.92. The molecule has 0 heterocycles. The summed E-state index contributed by atoms with van der Waals surface area (Å²) in [5.74, 6) is 0.164. The first-order chi connectivity index (χ1) is 10.6. The van der Waals surface area contributed by atoms with E-state index < -0.39 is 0 Å². The second kappa shape index (κ2) is 7.40. The van der Waals surface area contributed by atoms with Crippen molar-refractivity contribution in [2.45, 2.75) is 32.2 Å². The number of hydrogen-bond donors (Lipinski definition) is 2. The van der Waals surface area contributed by atoms with Gasteiger partial charge in [-0.15, -0.1) is 0 Å². The normalized spacial score (nSPS) is 20.7. The summed E-state index contributed by atoms with van der Waals surface area (Å²) in [5.41, 5.74) is 6.82. The van der Waals surface area contributed by atoms with Gasteiger partial charge in [-0.1, -0.05) is 12.5 Å². The minimum atomic E-state index is -0.126. The first-order valence-corrected chi connectivity index (χ1v) is 7.93. The van der Waals surface area contributed by atoms with Gasteiger partial charge in [-0.05, 0) is 50.4 Å². The Hall–Kier alpha value is -1.88. The summed E-state index contributed by atoms with van der Waals surface area (Å²) in [4.78, 5) is 26.2. The van der Waals surface area contributed by atoms with Gasteiger partial charge in [0.05, 0.1) is 0 Å². The summed E-state index contributed by atoms with van der Waals surface area (Å²) in [5, 5.41) is 3.06. The van der Waals surface area contributed by atoms with Gasteiger partial charge < -0.3 is 16.0 Å². The van der Waals surface area contributed by atoms with E-state index in [0.717, 1.165) is 19.3 Å². The zero-order valence-electron chi connectivity index (χ0n) is 13.3. The molecule has 0 saturated heterocycles. The van der Waals surface area contributed by atoms with Gasteiger partial charge in [0.15, 0.2) is 0 Å². The molecule has 2 atom stereocenters. The van der Waals surface area contributed by atoms with Gasteiger partial charge >= 0.3 is 0 Å². The minimum absolute atomic E-state index is 0.0714. The number of carbonyl (C=O) groups is 2. The van der Waals surface area contributed by atoms with Crippen LogP contribution in [0.25, 0.3) is 0 Å². The number of benzene rings is 1. The molecule has 1 aromatic rings. The Bertz CT molecular complexity index is 544. The molecule has 0 radical (unpaired) electrons. The van der Waals surface area contributed by atoms with E-state index in [1.807, 2.05) is 6.92 Å². The lowest BCUT2D eigenvalue weighted by molar-refractivity contribution is 0.0802. The van der Waals surface area contributed by atoms with Crippen LogP contribution in [0, 0.1) is 5.92 Å². The van der Waals surface area contributed by atoms with Crippen molar-refractivity contribution in [2.24, 2.45) is 11.7 Å². The highest BCUT2D eigenvalue weighted by Crippen LogP contribution is 2.24. The molecule has 1 aliphatic carbocycles. The van der Waals surface area contributed by atoms with Crippen LogP contribution >= 0.6 is 0 Å². The highest BCUT2D eigenvalue weighted by atomic mass is 16.2. The predicted molar refractivity (Wildman–Crippen MR) is 86.7 cm³/mol. The van der Waals surface area contributed by atoms with Crippen molar-refractivity contribution in [3.63, 3.8) is 0 Å². The lowest BCUT2D eigenvalue weighted by Gasteiger charge is -2.20. The largest absolute Gasteiger partial charge is 0.349 e. The van der Waals surface area contributed by atoms with Crippen LogP contribution < -0.4 is 11.1 Å². The number of rotatable bonds is 5. The van der Waals surface area contributed by atoms with Crippen LogP contribution in [0.1, 0.15) is 46.9 Å². The summed E-state index contributed by atoms with van der Waals surface area (Å²) in [6.07, 6.45) is 3.15. The summed E-state index contributed by atoms with van der Waals surface area (Å²) in [6.45, 7) is 3.15. The standard InChI is InChI=1S/C17H25N3O2/c1-3-20(2)17(22)13-7-4-6-12(10-13)16(21)19-15-9-5-8-14(15)11-18/h4,6-7,10,14-15H,3,5,8-9,11,18H2,1-2H3,(H,19,21). The van der Waals surface area contributed by atoms with E-state index in [1.165, 1.54) is 0 Å². The molecule has 1 aromatic carbocycles. The Labute approximate surface area is 131 Å². The fourth-order valence-corrected chi connectivity index (χ4v) is 2.92. The molecule has 2 amide bonds. The molecule has 1 fully saturated rings. The molecular weight excluding hydrogens is 278 g/mol. The van der Waals surface area contributed by atoms with E-state index in [1.54, 1.807) is 36.2 Å². The first-order valence-electron chi connectivity index (χ1n) is 7.93. The lowest BCUT2D eigenvalue weighted by Crippen LogP contribution is -2.40. The van der Waals surface area contributed by atoms with Gasteiger partial charge in [0, 0.05) is 30.8 Å². The Morgan fingerprint density at radius 3 is 2.73 bits per heavy atom. The Morgan fingerprint density at radius 2 is 2.05 bits per heavy atom. The molecule has 1 aliphatic rings. The van der Waals surface area contributed by atoms with Crippen molar-refractivity contribution < 1.29 is 9.59 Å². The van der Waals surface area contributed by atoms with Crippen LogP contribution in [0.5, 0.6) is 0 Å². The topological polar surface area (TPSA) is 75.4 Å². The van der Waals surface area contributed by atoms with Crippen molar-refractivity contribution in [3.8, 4) is 0 Å². The van der Waals surface area contributed by atoms with E-state index in [9.17, 15) is 9.59 Å². The third-order valence-electron chi connectivity index (χ3n) is 4.47. The van der Waals surface area contributed by atoms with E-state index >= 15 is 0 Å². The third-order valence-corrected chi connectivity index (χ3v) is 4.47. The molecule has 2 unspecified atom stereocenters. The van der Waals surface area contributed by atoms with Gasteiger partial charge in [-0.25, -0.2) is 0 Å². The Balaban J connectivity index is 2.08. The lowest BCUT2D eigenvalue weighted by atomic mass is 10.0.